The Morgan fingerprint density at radius 1 is 1.27 bits per heavy atom. The van der Waals surface area contributed by atoms with Gasteiger partial charge in [0, 0.05) is 18.4 Å². The van der Waals surface area contributed by atoms with Crippen LogP contribution in [0.1, 0.15) is 18.7 Å². The largest absolute Gasteiger partial charge is 0.291 e. The van der Waals surface area contributed by atoms with Crippen LogP contribution in [0.25, 0.3) is 10.9 Å². The Bertz CT molecular complexity index is 1000. The van der Waals surface area contributed by atoms with E-state index in [-0.39, 0.29) is 12.1 Å². The van der Waals surface area contributed by atoms with Gasteiger partial charge in [0.25, 0.3) is 5.56 Å². The quantitative estimate of drug-likeness (QED) is 0.702. The summed E-state index contributed by atoms with van der Waals surface area (Å²) >= 11 is 0. The van der Waals surface area contributed by atoms with Gasteiger partial charge in [-0.3, -0.25) is 18.9 Å². The second-order valence-corrected chi connectivity index (χ2v) is 6.59. The zero-order valence-corrected chi connectivity index (χ0v) is 14.5. The number of hydrogen-bond acceptors (Lipinski definition) is 5. The van der Waals surface area contributed by atoms with E-state index in [2.05, 4.69) is 16.1 Å². The van der Waals surface area contributed by atoms with E-state index in [4.69, 9.17) is 10.2 Å². The molecule has 26 heavy (non-hydrogen) atoms. The lowest BCUT2D eigenvalue weighted by molar-refractivity contribution is 0.211. The molecule has 1 unspecified atom stereocenters. The number of rotatable bonds is 5. The smallest absolute Gasteiger partial charge is 0.262 e. The monoisotopic (exact) mass is 348 g/mol. The van der Waals surface area contributed by atoms with Crippen molar-refractivity contribution in [2.45, 2.75) is 38.5 Å². The number of nitrogens with zero attached hydrogens (tertiary/aromatic N) is 6. The van der Waals surface area contributed by atoms with E-state index in [1.807, 2.05) is 35.1 Å². The number of nitriles is 1. The van der Waals surface area contributed by atoms with E-state index < -0.39 is 0 Å². The molecule has 1 fully saturated rings. The molecular formula is C19H20N6O. The molecule has 0 amide bonds. The molecule has 0 saturated carbocycles. The van der Waals surface area contributed by atoms with Crippen molar-refractivity contribution < 1.29 is 0 Å². The van der Waals surface area contributed by atoms with Gasteiger partial charge < -0.3 is 0 Å². The second kappa shape index (κ2) is 7.10. The van der Waals surface area contributed by atoms with Gasteiger partial charge in [0.2, 0.25) is 0 Å². The van der Waals surface area contributed by atoms with Crippen molar-refractivity contribution in [1.82, 2.24) is 24.2 Å². The standard InChI is InChI=1S/C19H20N6O/c20-8-12-25-18(22-17-7-2-1-6-16(17)19(25)26)14-23-10-3-5-15(23)13-24-11-4-9-21-24/h1-2,4,6-7,9,11,15H,3,5,10,12-14H2. The number of fused-ring (bicyclic) bond motifs is 1. The van der Waals surface area contributed by atoms with Gasteiger partial charge >= 0.3 is 0 Å². The topological polar surface area (TPSA) is 79.7 Å². The lowest BCUT2D eigenvalue weighted by Gasteiger charge is -2.25. The molecule has 1 aromatic carbocycles. The van der Waals surface area contributed by atoms with E-state index in [1.54, 1.807) is 12.3 Å². The number of para-hydroxylation sites is 1. The molecule has 0 spiro atoms. The molecule has 2 aromatic heterocycles. The van der Waals surface area contributed by atoms with Gasteiger partial charge in [-0.2, -0.15) is 10.4 Å². The van der Waals surface area contributed by atoms with Crippen LogP contribution in [0.3, 0.4) is 0 Å². The predicted molar refractivity (Wildman–Crippen MR) is 97.3 cm³/mol. The van der Waals surface area contributed by atoms with E-state index in [0.29, 0.717) is 29.3 Å². The zero-order chi connectivity index (χ0) is 17.9. The summed E-state index contributed by atoms with van der Waals surface area (Å²) in [4.78, 5) is 19.8. The summed E-state index contributed by atoms with van der Waals surface area (Å²) in [7, 11) is 0. The molecule has 132 valence electrons. The highest BCUT2D eigenvalue weighted by molar-refractivity contribution is 5.77. The van der Waals surface area contributed by atoms with Crippen LogP contribution in [0, 0.1) is 11.3 Å². The van der Waals surface area contributed by atoms with Crippen molar-refractivity contribution in [1.29, 1.82) is 5.26 Å². The van der Waals surface area contributed by atoms with Crippen LogP contribution in [-0.4, -0.2) is 36.8 Å². The summed E-state index contributed by atoms with van der Waals surface area (Å²) in [6.07, 6.45) is 5.96. The van der Waals surface area contributed by atoms with E-state index in [9.17, 15) is 4.79 Å². The Morgan fingerprint density at radius 3 is 2.96 bits per heavy atom. The third-order valence-electron chi connectivity index (χ3n) is 4.97. The maximum Gasteiger partial charge on any atom is 0.262 e. The van der Waals surface area contributed by atoms with E-state index >= 15 is 0 Å². The van der Waals surface area contributed by atoms with E-state index in [1.165, 1.54) is 4.57 Å². The zero-order valence-electron chi connectivity index (χ0n) is 14.5. The minimum absolute atomic E-state index is 0.0175. The molecule has 1 aliphatic heterocycles. The molecule has 0 bridgehead atoms. The minimum Gasteiger partial charge on any atom is -0.291 e. The third kappa shape index (κ3) is 3.11. The van der Waals surface area contributed by atoms with Crippen molar-refractivity contribution in [3.05, 3.63) is 58.9 Å². The number of aromatic nitrogens is 4. The summed E-state index contributed by atoms with van der Waals surface area (Å²) in [5, 5.41) is 14.0. The Hall–Kier alpha value is -2.98. The Kier molecular flexibility index (Phi) is 4.50. The fraction of sp³-hybridized carbons (Fsp3) is 0.368. The molecule has 3 heterocycles. The van der Waals surface area contributed by atoms with Crippen molar-refractivity contribution in [3.63, 3.8) is 0 Å². The number of benzene rings is 1. The van der Waals surface area contributed by atoms with Crippen LogP contribution in [0.4, 0.5) is 0 Å². The van der Waals surface area contributed by atoms with Gasteiger partial charge in [-0.05, 0) is 37.6 Å². The molecule has 0 radical (unpaired) electrons. The van der Waals surface area contributed by atoms with Gasteiger partial charge in [0.05, 0.1) is 30.1 Å². The normalized spacial score (nSPS) is 17.6. The van der Waals surface area contributed by atoms with Crippen LogP contribution in [-0.2, 0) is 19.6 Å². The van der Waals surface area contributed by atoms with E-state index in [0.717, 1.165) is 25.9 Å². The maximum absolute atomic E-state index is 12.8. The lowest BCUT2D eigenvalue weighted by atomic mass is 10.2. The number of hydrogen-bond donors (Lipinski definition) is 0. The summed E-state index contributed by atoms with van der Waals surface area (Å²) in [5.74, 6) is 0.655. The highest BCUT2D eigenvalue weighted by Gasteiger charge is 2.26. The van der Waals surface area contributed by atoms with Gasteiger partial charge in [-0.25, -0.2) is 4.98 Å². The summed E-state index contributed by atoms with van der Waals surface area (Å²) in [6, 6.07) is 11.7. The molecule has 7 nitrogen and oxygen atoms in total. The second-order valence-electron chi connectivity index (χ2n) is 6.59. The Balaban J connectivity index is 1.66. The molecule has 1 atom stereocenters. The average Bonchev–Trinajstić information content (AvgIpc) is 3.31. The molecule has 7 heteroatoms. The maximum atomic E-state index is 12.8. The lowest BCUT2D eigenvalue weighted by Crippen LogP contribution is -2.36. The molecule has 1 saturated heterocycles. The fourth-order valence-electron chi connectivity index (χ4n) is 3.68. The van der Waals surface area contributed by atoms with Gasteiger partial charge in [-0.1, -0.05) is 12.1 Å². The first kappa shape index (κ1) is 16.5. The first-order chi connectivity index (χ1) is 12.8. The van der Waals surface area contributed by atoms with Crippen molar-refractivity contribution in [3.8, 4) is 6.07 Å². The molecule has 0 N–H and O–H groups in total. The van der Waals surface area contributed by atoms with Crippen molar-refractivity contribution >= 4 is 10.9 Å². The molecule has 4 rings (SSSR count). The van der Waals surface area contributed by atoms with Gasteiger partial charge in [-0.15, -0.1) is 0 Å². The highest BCUT2D eigenvalue weighted by atomic mass is 16.1. The summed E-state index contributed by atoms with van der Waals surface area (Å²) in [5.41, 5.74) is 0.541. The van der Waals surface area contributed by atoms with Crippen LogP contribution in [0.2, 0.25) is 0 Å². The van der Waals surface area contributed by atoms with Crippen molar-refractivity contribution in [2.24, 2.45) is 0 Å². The van der Waals surface area contributed by atoms with Crippen LogP contribution in [0.15, 0.2) is 47.5 Å². The van der Waals surface area contributed by atoms with Gasteiger partial charge in [0.15, 0.2) is 0 Å². The van der Waals surface area contributed by atoms with Crippen LogP contribution in [0.5, 0.6) is 0 Å². The first-order valence-electron chi connectivity index (χ1n) is 8.83. The predicted octanol–water partition coefficient (Wildman–Crippen LogP) is 1.78. The highest BCUT2D eigenvalue weighted by Crippen LogP contribution is 2.21. The molecule has 0 aliphatic carbocycles. The summed E-state index contributed by atoms with van der Waals surface area (Å²) < 4.78 is 3.45. The minimum atomic E-state index is -0.144. The summed E-state index contributed by atoms with van der Waals surface area (Å²) in [6.45, 7) is 2.36. The average molecular weight is 348 g/mol. The number of likely N-dealkylation sites (tertiary alicyclic amines) is 1. The van der Waals surface area contributed by atoms with Crippen molar-refractivity contribution in [2.75, 3.05) is 6.54 Å². The Labute approximate surface area is 151 Å². The molecular weight excluding hydrogens is 328 g/mol. The van der Waals surface area contributed by atoms with Gasteiger partial charge in [0.1, 0.15) is 12.4 Å². The van der Waals surface area contributed by atoms with Crippen LogP contribution < -0.4 is 5.56 Å². The third-order valence-corrected chi connectivity index (χ3v) is 4.97. The van der Waals surface area contributed by atoms with Crippen LogP contribution >= 0.6 is 0 Å². The molecule has 1 aliphatic rings. The first-order valence-corrected chi connectivity index (χ1v) is 8.83. The fourth-order valence-corrected chi connectivity index (χ4v) is 3.68. The SMILES string of the molecule is N#CCn1c(CN2CCCC2Cn2cccn2)nc2ccccc2c1=O. The molecule has 3 aromatic rings. The Morgan fingerprint density at radius 2 is 2.15 bits per heavy atom.